The van der Waals surface area contributed by atoms with Crippen LogP contribution in [-0.4, -0.2) is 47.1 Å². The Hall–Kier alpha value is -1.46. The number of rotatable bonds is 5. The van der Waals surface area contributed by atoms with Gasteiger partial charge in [0.2, 0.25) is 5.91 Å². The summed E-state index contributed by atoms with van der Waals surface area (Å²) in [6, 6.07) is 6.07. The van der Waals surface area contributed by atoms with Crippen molar-refractivity contribution in [3.63, 3.8) is 0 Å². The number of carbonyl (C=O) groups is 1. The number of nitrogens with one attached hydrogen (secondary N) is 1. The summed E-state index contributed by atoms with van der Waals surface area (Å²) in [4.78, 5) is 19.1. The first-order chi connectivity index (χ1) is 11.7. The Morgan fingerprint density at radius 3 is 2.79 bits per heavy atom. The lowest BCUT2D eigenvalue weighted by atomic mass is 9.88. The van der Waals surface area contributed by atoms with Crippen molar-refractivity contribution >= 4 is 5.91 Å². The van der Waals surface area contributed by atoms with Crippen LogP contribution in [0.2, 0.25) is 0 Å². The third-order valence-corrected chi connectivity index (χ3v) is 5.69. The molecule has 2 aliphatic heterocycles. The second-order valence-corrected chi connectivity index (χ2v) is 7.61. The summed E-state index contributed by atoms with van der Waals surface area (Å²) >= 11 is 0. The summed E-state index contributed by atoms with van der Waals surface area (Å²) in [6.07, 6.45) is 8.09. The standard InChI is InChI=1S/C19H27N3O2/c23-18(21-13-15-4-5-15)17-6-7-19(24-17)8-11-22(12-9-19)14-16-3-1-2-10-20-16/h1-3,10,15,17H,4-9,11-14H2,(H,21,23). The van der Waals surface area contributed by atoms with Crippen molar-refractivity contribution in [3.8, 4) is 0 Å². The zero-order valence-electron chi connectivity index (χ0n) is 14.2. The van der Waals surface area contributed by atoms with Gasteiger partial charge in [0.25, 0.3) is 0 Å². The minimum absolute atomic E-state index is 0.0673. The van der Waals surface area contributed by atoms with E-state index in [1.807, 2.05) is 18.3 Å². The van der Waals surface area contributed by atoms with Gasteiger partial charge in [0.05, 0.1) is 11.3 Å². The molecule has 1 spiro atoms. The first-order valence-corrected chi connectivity index (χ1v) is 9.30. The molecule has 24 heavy (non-hydrogen) atoms. The maximum absolute atomic E-state index is 12.3. The molecule has 1 amide bonds. The van der Waals surface area contributed by atoms with Crippen LogP contribution >= 0.6 is 0 Å². The zero-order valence-corrected chi connectivity index (χ0v) is 14.2. The van der Waals surface area contributed by atoms with Gasteiger partial charge >= 0.3 is 0 Å². The molecule has 3 fully saturated rings. The Morgan fingerprint density at radius 2 is 2.08 bits per heavy atom. The van der Waals surface area contributed by atoms with Gasteiger partial charge in [-0.1, -0.05) is 6.07 Å². The normalized spacial score (nSPS) is 26.6. The Bertz CT molecular complexity index is 565. The zero-order chi connectivity index (χ0) is 16.4. The summed E-state index contributed by atoms with van der Waals surface area (Å²) in [5.41, 5.74) is 1.06. The van der Waals surface area contributed by atoms with Crippen LogP contribution in [0.5, 0.6) is 0 Å². The van der Waals surface area contributed by atoms with Crippen molar-refractivity contribution in [1.29, 1.82) is 0 Å². The smallest absolute Gasteiger partial charge is 0.249 e. The van der Waals surface area contributed by atoms with E-state index in [2.05, 4.69) is 21.3 Å². The first-order valence-electron chi connectivity index (χ1n) is 9.30. The number of hydrogen-bond acceptors (Lipinski definition) is 4. The summed E-state index contributed by atoms with van der Waals surface area (Å²) in [6.45, 7) is 3.78. The SMILES string of the molecule is O=C(NCC1CC1)C1CCC2(CCN(Cc3ccccn3)CC2)O1. The van der Waals surface area contributed by atoms with Gasteiger partial charge in [0, 0.05) is 32.4 Å². The Labute approximate surface area is 143 Å². The fourth-order valence-corrected chi connectivity index (χ4v) is 3.89. The lowest BCUT2D eigenvalue weighted by Gasteiger charge is -2.38. The molecule has 1 saturated carbocycles. The van der Waals surface area contributed by atoms with E-state index in [0.717, 1.165) is 63.5 Å². The highest BCUT2D eigenvalue weighted by Gasteiger charge is 2.44. The minimum Gasteiger partial charge on any atom is -0.362 e. The number of pyridine rings is 1. The molecule has 5 heteroatoms. The Morgan fingerprint density at radius 1 is 1.25 bits per heavy atom. The average molecular weight is 329 g/mol. The fraction of sp³-hybridized carbons (Fsp3) is 0.684. The topological polar surface area (TPSA) is 54.5 Å². The molecule has 3 aliphatic rings. The number of ether oxygens (including phenoxy) is 1. The number of hydrogen-bond donors (Lipinski definition) is 1. The maximum atomic E-state index is 12.3. The summed E-state index contributed by atoms with van der Waals surface area (Å²) in [7, 11) is 0. The molecule has 1 aromatic heterocycles. The van der Waals surface area contributed by atoms with Gasteiger partial charge in [-0.3, -0.25) is 14.7 Å². The first kappa shape index (κ1) is 16.0. The van der Waals surface area contributed by atoms with E-state index in [1.54, 1.807) is 0 Å². The van der Waals surface area contributed by atoms with E-state index in [-0.39, 0.29) is 17.6 Å². The third-order valence-electron chi connectivity index (χ3n) is 5.69. The highest BCUT2D eigenvalue weighted by Crippen LogP contribution is 2.39. The van der Waals surface area contributed by atoms with Crippen molar-refractivity contribution in [1.82, 2.24) is 15.2 Å². The maximum Gasteiger partial charge on any atom is 0.249 e. The minimum atomic E-state index is -0.230. The van der Waals surface area contributed by atoms with Gasteiger partial charge in [-0.15, -0.1) is 0 Å². The van der Waals surface area contributed by atoms with Crippen molar-refractivity contribution in [2.75, 3.05) is 19.6 Å². The number of aromatic nitrogens is 1. The van der Waals surface area contributed by atoms with E-state index >= 15 is 0 Å². The molecular weight excluding hydrogens is 302 g/mol. The molecule has 0 aromatic carbocycles. The summed E-state index contributed by atoms with van der Waals surface area (Å²) in [5, 5.41) is 3.07. The average Bonchev–Trinajstić information content (AvgIpc) is 3.36. The van der Waals surface area contributed by atoms with Crippen molar-refractivity contribution in [2.24, 2.45) is 5.92 Å². The molecule has 0 radical (unpaired) electrons. The summed E-state index contributed by atoms with van der Waals surface area (Å²) < 4.78 is 6.25. The molecular formula is C19H27N3O2. The number of nitrogens with zero attached hydrogens (tertiary/aromatic N) is 2. The van der Waals surface area contributed by atoms with Crippen LogP contribution in [0.25, 0.3) is 0 Å². The van der Waals surface area contributed by atoms with Crippen LogP contribution < -0.4 is 5.32 Å². The van der Waals surface area contributed by atoms with Crippen molar-refractivity contribution in [3.05, 3.63) is 30.1 Å². The monoisotopic (exact) mass is 329 g/mol. The van der Waals surface area contributed by atoms with E-state index in [9.17, 15) is 4.79 Å². The predicted molar refractivity (Wildman–Crippen MR) is 91.3 cm³/mol. The van der Waals surface area contributed by atoms with Crippen molar-refractivity contribution < 1.29 is 9.53 Å². The van der Waals surface area contributed by atoms with Crippen LogP contribution in [-0.2, 0) is 16.1 Å². The van der Waals surface area contributed by atoms with Crippen LogP contribution in [0.4, 0.5) is 0 Å². The summed E-state index contributed by atoms with van der Waals surface area (Å²) in [5.74, 6) is 0.828. The number of likely N-dealkylation sites (tertiary alicyclic amines) is 1. The molecule has 4 rings (SSSR count). The Kier molecular flexibility index (Phi) is 4.55. The molecule has 1 aliphatic carbocycles. The van der Waals surface area contributed by atoms with E-state index in [1.165, 1.54) is 12.8 Å². The highest BCUT2D eigenvalue weighted by molar-refractivity contribution is 5.81. The largest absolute Gasteiger partial charge is 0.362 e. The number of carbonyl (C=O) groups excluding carboxylic acids is 1. The van der Waals surface area contributed by atoms with Gasteiger partial charge in [0.15, 0.2) is 0 Å². The van der Waals surface area contributed by atoms with Gasteiger partial charge in [-0.05, 0) is 56.6 Å². The number of amides is 1. The van der Waals surface area contributed by atoms with Crippen LogP contribution in [0.15, 0.2) is 24.4 Å². The second kappa shape index (κ2) is 6.81. The van der Waals surface area contributed by atoms with Crippen LogP contribution in [0, 0.1) is 5.92 Å². The lowest BCUT2D eigenvalue weighted by molar-refractivity contribution is -0.140. The lowest BCUT2D eigenvalue weighted by Crippen LogP contribution is -2.45. The van der Waals surface area contributed by atoms with E-state index in [0.29, 0.717) is 0 Å². The van der Waals surface area contributed by atoms with E-state index in [4.69, 9.17) is 4.74 Å². The predicted octanol–water partition coefficient (Wildman–Crippen LogP) is 2.12. The third kappa shape index (κ3) is 3.78. The van der Waals surface area contributed by atoms with Gasteiger partial charge in [0.1, 0.15) is 6.10 Å². The molecule has 130 valence electrons. The Balaban J connectivity index is 1.25. The van der Waals surface area contributed by atoms with Crippen LogP contribution in [0.1, 0.15) is 44.2 Å². The van der Waals surface area contributed by atoms with Gasteiger partial charge in [-0.25, -0.2) is 0 Å². The highest BCUT2D eigenvalue weighted by atomic mass is 16.5. The van der Waals surface area contributed by atoms with Gasteiger partial charge < -0.3 is 10.1 Å². The molecule has 0 bridgehead atoms. The van der Waals surface area contributed by atoms with E-state index < -0.39 is 0 Å². The fourth-order valence-electron chi connectivity index (χ4n) is 3.89. The molecule has 2 saturated heterocycles. The molecule has 3 heterocycles. The molecule has 1 unspecified atom stereocenters. The van der Waals surface area contributed by atoms with Gasteiger partial charge in [-0.2, -0.15) is 0 Å². The number of piperidine rings is 1. The molecule has 1 atom stereocenters. The van der Waals surface area contributed by atoms with Crippen molar-refractivity contribution in [2.45, 2.75) is 56.8 Å². The molecule has 1 N–H and O–H groups in total. The quantitative estimate of drug-likeness (QED) is 0.899. The molecule has 1 aromatic rings. The van der Waals surface area contributed by atoms with Crippen LogP contribution in [0.3, 0.4) is 0 Å². The molecule has 5 nitrogen and oxygen atoms in total. The second-order valence-electron chi connectivity index (χ2n) is 7.61.